The smallest absolute Gasteiger partial charge is 0.254 e. The van der Waals surface area contributed by atoms with Crippen molar-refractivity contribution in [1.29, 1.82) is 0 Å². The van der Waals surface area contributed by atoms with Crippen LogP contribution in [0.5, 0.6) is 0 Å². The van der Waals surface area contributed by atoms with E-state index >= 15 is 0 Å². The molecule has 106 valence electrons. The average Bonchev–Trinajstić information content (AvgIpc) is 2.38. The lowest BCUT2D eigenvalue weighted by Crippen LogP contribution is -2.23. The first-order valence-corrected chi connectivity index (χ1v) is 7.62. The molecule has 3 nitrogen and oxygen atoms in total. The number of aromatic amines is 1. The highest BCUT2D eigenvalue weighted by molar-refractivity contribution is 5.17. The van der Waals surface area contributed by atoms with Crippen LogP contribution in [0.15, 0.2) is 4.79 Å². The molecule has 3 heteroatoms. The molecule has 0 bridgehead atoms. The molecule has 0 saturated heterocycles. The summed E-state index contributed by atoms with van der Waals surface area (Å²) in [7, 11) is 0. The second-order valence-electron chi connectivity index (χ2n) is 6.22. The SMILES string of the molecule is CCc1c(C)nc(C2CCC(C(C)C)CC2)[nH]c1=O. The van der Waals surface area contributed by atoms with E-state index in [1.807, 2.05) is 13.8 Å². The second kappa shape index (κ2) is 5.89. The van der Waals surface area contributed by atoms with E-state index in [9.17, 15) is 4.79 Å². The predicted octanol–water partition coefficient (Wildman–Crippen LogP) is 3.57. The predicted molar refractivity (Wildman–Crippen MR) is 78.5 cm³/mol. The average molecular weight is 262 g/mol. The number of hydrogen-bond donors (Lipinski definition) is 1. The molecule has 0 unspecified atom stereocenters. The topological polar surface area (TPSA) is 45.8 Å². The van der Waals surface area contributed by atoms with Gasteiger partial charge in [-0.2, -0.15) is 0 Å². The molecule has 1 aliphatic rings. The summed E-state index contributed by atoms with van der Waals surface area (Å²) < 4.78 is 0. The van der Waals surface area contributed by atoms with E-state index in [1.54, 1.807) is 0 Å². The van der Waals surface area contributed by atoms with Crippen molar-refractivity contribution < 1.29 is 0 Å². The molecule has 0 aromatic carbocycles. The van der Waals surface area contributed by atoms with Gasteiger partial charge in [0.15, 0.2) is 0 Å². The zero-order chi connectivity index (χ0) is 14.0. The van der Waals surface area contributed by atoms with E-state index in [2.05, 4.69) is 23.8 Å². The first-order valence-electron chi connectivity index (χ1n) is 7.62. The van der Waals surface area contributed by atoms with Crippen LogP contribution in [0, 0.1) is 18.8 Å². The summed E-state index contributed by atoms with van der Waals surface area (Å²) in [6.45, 7) is 8.58. The van der Waals surface area contributed by atoms with Crippen LogP contribution in [0.1, 0.15) is 69.5 Å². The number of aryl methyl sites for hydroxylation is 1. The van der Waals surface area contributed by atoms with Gasteiger partial charge in [-0.15, -0.1) is 0 Å². The third-order valence-corrected chi connectivity index (χ3v) is 4.70. The van der Waals surface area contributed by atoms with Crippen molar-refractivity contribution >= 4 is 0 Å². The van der Waals surface area contributed by atoms with Crippen LogP contribution in [-0.2, 0) is 6.42 Å². The highest BCUT2D eigenvalue weighted by Gasteiger charge is 2.26. The quantitative estimate of drug-likeness (QED) is 0.905. The highest BCUT2D eigenvalue weighted by atomic mass is 16.1. The molecule has 0 radical (unpaired) electrons. The van der Waals surface area contributed by atoms with Crippen LogP contribution in [0.3, 0.4) is 0 Å². The van der Waals surface area contributed by atoms with Crippen molar-refractivity contribution in [2.75, 3.05) is 0 Å². The summed E-state index contributed by atoms with van der Waals surface area (Å²) in [5.74, 6) is 2.99. The Morgan fingerprint density at radius 3 is 2.37 bits per heavy atom. The minimum absolute atomic E-state index is 0.0657. The molecule has 0 atom stereocenters. The summed E-state index contributed by atoms with van der Waals surface area (Å²) in [4.78, 5) is 19.7. The molecular weight excluding hydrogens is 236 g/mol. The van der Waals surface area contributed by atoms with Crippen LogP contribution in [-0.4, -0.2) is 9.97 Å². The molecule has 0 aliphatic heterocycles. The van der Waals surface area contributed by atoms with Crippen LogP contribution in [0.2, 0.25) is 0 Å². The Labute approximate surface area is 115 Å². The van der Waals surface area contributed by atoms with Gasteiger partial charge < -0.3 is 4.98 Å². The van der Waals surface area contributed by atoms with E-state index in [1.165, 1.54) is 12.8 Å². The Balaban J connectivity index is 2.14. The summed E-state index contributed by atoms with van der Waals surface area (Å²) in [6, 6.07) is 0. The molecule has 1 aromatic rings. The number of aromatic nitrogens is 2. The number of rotatable bonds is 3. The van der Waals surface area contributed by atoms with E-state index < -0.39 is 0 Å². The second-order valence-corrected chi connectivity index (χ2v) is 6.22. The summed E-state index contributed by atoms with van der Waals surface area (Å²) in [5, 5.41) is 0. The molecule has 1 saturated carbocycles. The van der Waals surface area contributed by atoms with E-state index in [-0.39, 0.29) is 5.56 Å². The molecule has 0 amide bonds. The molecule has 2 rings (SSSR count). The van der Waals surface area contributed by atoms with E-state index in [4.69, 9.17) is 0 Å². The van der Waals surface area contributed by atoms with Crippen molar-refractivity contribution in [3.63, 3.8) is 0 Å². The maximum Gasteiger partial charge on any atom is 0.254 e. The summed E-state index contributed by atoms with van der Waals surface area (Å²) in [5.41, 5.74) is 1.81. The Kier molecular flexibility index (Phi) is 4.43. The number of nitrogens with zero attached hydrogens (tertiary/aromatic N) is 1. The van der Waals surface area contributed by atoms with E-state index in [0.29, 0.717) is 5.92 Å². The van der Waals surface area contributed by atoms with Crippen molar-refractivity contribution in [2.45, 2.75) is 65.7 Å². The normalized spacial score (nSPS) is 23.8. The third kappa shape index (κ3) is 3.07. The Morgan fingerprint density at radius 1 is 1.26 bits per heavy atom. The van der Waals surface area contributed by atoms with Gasteiger partial charge >= 0.3 is 0 Å². The largest absolute Gasteiger partial charge is 0.310 e. The van der Waals surface area contributed by atoms with Crippen molar-refractivity contribution in [2.24, 2.45) is 11.8 Å². The maximum atomic E-state index is 12.0. The molecular formula is C16H26N2O. The Bertz CT molecular complexity index is 482. The molecule has 19 heavy (non-hydrogen) atoms. The lowest BCUT2D eigenvalue weighted by Gasteiger charge is -2.30. The zero-order valence-corrected chi connectivity index (χ0v) is 12.6. The van der Waals surface area contributed by atoms with Gasteiger partial charge in [0.25, 0.3) is 5.56 Å². The number of H-pyrrole nitrogens is 1. The minimum Gasteiger partial charge on any atom is -0.310 e. The Morgan fingerprint density at radius 2 is 1.89 bits per heavy atom. The Hall–Kier alpha value is -1.12. The van der Waals surface area contributed by atoms with Crippen LogP contribution in [0.25, 0.3) is 0 Å². The monoisotopic (exact) mass is 262 g/mol. The van der Waals surface area contributed by atoms with Gasteiger partial charge in [0.2, 0.25) is 0 Å². The van der Waals surface area contributed by atoms with Gasteiger partial charge in [-0.1, -0.05) is 20.8 Å². The van der Waals surface area contributed by atoms with Gasteiger partial charge in [0.05, 0.1) is 0 Å². The fraction of sp³-hybridized carbons (Fsp3) is 0.750. The first kappa shape index (κ1) is 14.3. The molecule has 1 fully saturated rings. The standard InChI is InChI=1S/C16H26N2O/c1-5-14-11(4)17-15(18-16(14)19)13-8-6-12(7-9-13)10(2)3/h10,12-13H,5-9H2,1-4H3,(H,17,18,19). The molecule has 1 N–H and O–H groups in total. The fourth-order valence-electron chi connectivity index (χ4n) is 3.30. The lowest BCUT2D eigenvalue weighted by atomic mass is 9.76. The highest BCUT2D eigenvalue weighted by Crippen LogP contribution is 2.37. The van der Waals surface area contributed by atoms with Gasteiger partial charge in [-0.3, -0.25) is 4.79 Å². The number of hydrogen-bond acceptors (Lipinski definition) is 2. The third-order valence-electron chi connectivity index (χ3n) is 4.70. The van der Waals surface area contributed by atoms with E-state index in [0.717, 1.165) is 48.2 Å². The summed E-state index contributed by atoms with van der Waals surface area (Å²) >= 11 is 0. The van der Waals surface area contributed by atoms with Crippen molar-refractivity contribution in [3.05, 3.63) is 27.4 Å². The molecule has 1 heterocycles. The first-order chi connectivity index (χ1) is 9.02. The van der Waals surface area contributed by atoms with Gasteiger partial charge in [0.1, 0.15) is 5.82 Å². The van der Waals surface area contributed by atoms with Crippen LogP contribution < -0.4 is 5.56 Å². The van der Waals surface area contributed by atoms with Crippen LogP contribution >= 0.6 is 0 Å². The lowest BCUT2D eigenvalue weighted by molar-refractivity contribution is 0.254. The molecule has 1 aromatic heterocycles. The zero-order valence-electron chi connectivity index (χ0n) is 12.6. The van der Waals surface area contributed by atoms with Crippen LogP contribution in [0.4, 0.5) is 0 Å². The van der Waals surface area contributed by atoms with Gasteiger partial charge in [-0.25, -0.2) is 4.98 Å². The summed E-state index contributed by atoms with van der Waals surface area (Å²) in [6.07, 6.45) is 5.61. The fourth-order valence-corrected chi connectivity index (χ4v) is 3.30. The van der Waals surface area contributed by atoms with Gasteiger partial charge in [-0.05, 0) is 50.9 Å². The number of nitrogens with one attached hydrogen (secondary N) is 1. The minimum atomic E-state index is 0.0657. The van der Waals surface area contributed by atoms with Crippen molar-refractivity contribution in [1.82, 2.24) is 9.97 Å². The molecule has 1 aliphatic carbocycles. The van der Waals surface area contributed by atoms with Gasteiger partial charge in [0, 0.05) is 17.2 Å². The van der Waals surface area contributed by atoms with Crippen molar-refractivity contribution in [3.8, 4) is 0 Å². The maximum absolute atomic E-state index is 12.0. The molecule has 0 spiro atoms.